The number of carbonyl (C=O) groups excluding carboxylic acids is 1. The molecule has 25 heavy (non-hydrogen) atoms. The number of rotatable bonds is 6. The Morgan fingerprint density at radius 1 is 1.16 bits per heavy atom. The molecule has 1 saturated heterocycles. The summed E-state index contributed by atoms with van der Waals surface area (Å²) in [5.41, 5.74) is 1.67. The lowest BCUT2D eigenvalue weighted by Gasteiger charge is -2.29. The maximum atomic E-state index is 12.0. The summed E-state index contributed by atoms with van der Waals surface area (Å²) in [6.07, 6.45) is 2.45. The molecule has 1 aromatic heterocycles. The first-order valence-corrected chi connectivity index (χ1v) is 8.89. The average molecular weight is 341 g/mol. The van der Waals surface area contributed by atoms with E-state index in [4.69, 9.17) is 14.7 Å². The van der Waals surface area contributed by atoms with E-state index in [0.717, 1.165) is 36.5 Å². The molecule has 2 aliphatic rings. The molecular formula is C18H23N5O2. The van der Waals surface area contributed by atoms with Crippen molar-refractivity contribution in [3.8, 4) is 0 Å². The van der Waals surface area contributed by atoms with Crippen LogP contribution in [0.15, 0.2) is 24.3 Å². The van der Waals surface area contributed by atoms with Gasteiger partial charge < -0.3 is 20.3 Å². The van der Waals surface area contributed by atoms with Crippen LogP contribution in [-0.4, -0.2) is 55.3 Å². The lowest BCUT2D eigenvalue weighted by Crippen LogP contribution is -2.38. The van der Waals surface area contributed by atoms with Crippen LogP contribution in [0.3, 0.4) is 0 Å². The number of fused-ring (bicyclic) bond motifs is 1. The SMILES string of the molecule is O=C(CNc1nc2ccccc2nc1N1CCOCC1)NCC1CC1. The number of amides is 1. The van der Waals surface area contributed by atoms with Crippen LogP contribution >= 0.6 is 0 Å². The Bertz CT molecular complexity index is 756. The van der Waals surface area contributed by atoms with Crippen molar-refractivity contribution < 1.29 is 9.53 Å². The summed E-state index contributed by atoms with van der Waals surface area (Å²) in [5.74, 6) is 2.11. The number of nitrogens with zero attached hydrogens (tertiary/aromatic N) is 3. The minimum atomic E-state index is -0.00483. The minimum absolute atomic E-state index is 0.00483. The third-order valence-electron chi connectivity index (χ3n) is 4.56. The van der Waals surface area contributed by atoms with Gasteiger partial charge >= 0.3 is 0 Å². The molecule has 1 saturated carbocycles. The fraction of sp³-hybridized carbons (Fsp3) is 0.500. The summed E-state index contributed by atoms with van der Waals surface area (Å²) < 4.78 is 5.43. The molecule has 1 aliphatic heterocycles. The predicted molar refractivity (Wildman–Crippen MR) is 96.8 cm³/mol. The van der Waals surface area contributed by atoms with Gasteiger partial charge in [-0.2, -0.15) is 0 Å². The van der Waals surface area contributed by atoms with E-state index in [1.807, 2.05) is 24.3 Å². The molecular weight excluding hydrogens is 318 g/mol. The zero-order chi connectivity index (χ0) is 17.1. The summed E-state index contributed by atoms with van der Waals surface area (Å²) in [4.78, 5) is 23.7. The Balaban J connectivity index is 1.52. The molecule has 0 radical (unpaired) electrons. The van der Waals surface area contributed by atoms with Crippen LogP contribution < -0.4 is 15.5 Å². The van der Waals surface area contributed by atoms with Crippen LogP contribution in [0.25, 0.3) is 11.0 Å². The van der Waals surface area contributed by atoms with Gasteiger partial charge in [-0.1, -0.05) is 12.1 Å². The largest absolute Gasteiger partial charge is 0.378 e. The maximum Gasteiger partial charge on any atom is 0.239 e. The summed E-state index contributed by atoms with van der Waals surface area (Å²) in [6.45, 7) is 3.88. The number of morpholine rings is 1. The number of nitrogens with one attached hydrogen (secondary N) is 2. The lowest BCUT2D eigenvalue weighted by molar-refractivity contribution is -0.119. The zero-order valence-corrected chi connectivity index (χ0v) is 14.2. The van der Waals surface area contributed by atoms with Crippen LogP contribution in [0.5, 0.6) is 0 Å². The van der Waals surface area contributed by atoms with Gasteiger partial charge in [0.25, 0.3) is 0 Å². The summed E-state index contributed by atoms with van der Waals surface area (Å²) in [5, 5.41) is 6.15. The van der Waals surface area contributed by atoms with E-state index < -0.39 is 0 Å². The van der Waals surface area contributed by atoms with Crippen molar-refractivity contribution >= 4 is 28.6 Å². The highest BCUT2D eigenvalue weighted by atomic mass is 16.5. The standard InChI is InChI=1S/C18H23N5O2/c24-16(19-11-13-5-6-13)12-20-17-18(23-7-9-25-10-8-23)22-15-4-2-1-3-14(15)21-17/h1-4,13H,5-12H2,(H,19,24)(H,20,21). The summed E-state index contributed by atoms with van der Waals surface area (Å²) >= 11 is 0. The van der Waals surface area contributed by atoms with Crippen molar-refractivity contribution in [2.45, 2.75) is 12.8 Å². The van der Waals surface area contributed by atoms with Gasteiger partial charge in [0.05, 0.1) is 30.8 Å². The number of benzene rings is 1. The van der Waals surface area contributed by atoms with Crippen LogP contribution in [0.2, 0.25) is 0 Å². The molecule has 7 nitrogen and oxygen atoms in total. The molecule has 2 fully saturated rings. The zero-order valence-electron chi connectivity index (χ0n) is 14.2. The number of carbonyl (C=O) groups is 1. The number of para-hydroxylation sites is 2. The number of ether oxygens (including phenoxy) is 1. The Morgan fingerprint density at radius 3 is 2.60 bits per heavy atom. The molecule has 1 aromatic carbocycles. The summed E-state index contributed by atoms with van der Waals surface area (Å²) in [7, 11) is 0. The number of anilines is 2. The van der Waals surface area contributed by atoms with Crippen molar-refractivity contribution in [3.05, 3.63) is 24.3 Å². The van der Waals surface area contributed by atoms with Crippen molar-refractivity contribution in [2.75, 3.05) is 49.6 Å². The third kappa shape index (κ3) is 3.99. The van der Waals surface area contributed by atoms with E-state index in [-0.39, 0.29) is 12.5 Å². The van der Waals surface area contributed by atoms with Crippen LogP contribution in [0.1, 0.15) is 12.8 Å². The first-order valence-electron chi connectivity index (χ1n) is 8.89. The first-order chi connectivity index (χ1) is 12.3. The second kappa shape index (κ2) is 7.23. The molecule has 4 rings (SSSR count). The molecule has 0 atom stereocenters. The van der Waals surface area contributed by atoms with Gasteiger partial charge in [-0.15, -0.1) is 0 Å². The first kappa shape index (κ1) is 16.1. The van der Waals surface area contributed by atoms with Crippen LogP contribution in [-0.2, 0) is 9.53 Å². The second-order valence-electron chi connectivity index (χ2n) is 6.58. The molecule has 0 bridgehead atoms. The van der Waals surface area contributed by atoms with E-state index in [1.165, 1.54) is 12.8 Å². The van der Waals surface area contributed by atoms with E-state index >= 15 is 0 Å². The molecule has 0 unspecified atom stereocenters. The molecule has 2 aromatic rings. The van der Waals surface area contributed by atoms with Gasteiger partial charge in [-0.3, -0.25) is 4.79 Å². The maximum absolute atomic E-state index is 12.0. The molecule has 2 N–H and O–H groups in total. The molecule has 0 spiro atoms. The quantitative estimate of drug-likeness (QED) is 0.827. The average Bonchev–Trinajstić information content (AvgIpc) is 3.49. The topological polar surface area (TPSA) is 79.4 Å². The third-order valence-corrected chi connectivity index (χ3v) is 4.56. The highest BCUT2D eigenvalue weighted by Crippen LogP contribution is 2.27. The van der Waals surface area contributed by atoms with Gasteiger partial charge in [-0.05, 0) is 30.9 Å². The fourth-order valence-electron chi connectivity index (χ4n) is 2.91. The number of hydrogen-bond acceptors (Lipinski definition) is 6. The van der Waals surface area contributed by atoms with Crippen molar-refractivity contribution in [2.24, 2.45) is 5.92 Å². The van der Waals surface area contributed by atoms with Gasteiger partial charge in [0, 0.05) is 19.6 Å². The molecule has 1 amide bonds. The Kier molecular flexibility index (Phi) is 4.65. The fourth-order valence-corrected chi connectivity index (χ4v) is 2.91. The molecule has 7 heteroatoms. The molecule has 1 aliphatic carbocycles. The van der Waals surface area contributed by atoms with Crippen molar-refractivity contribution in [1.29, 1.82) is 0 Å². The van der Waals surface area contributed by atoms with Crippen LogP contribution in [0, 0.1) is 5.92 Å². The Labute approximate surface area is 146 Å². The normalized spacial score (nSPS) is 17.5. The van der Waals surface area contributed by atoms with Crippen LogP contribution in [0.4, 0.5) is 11.6 Å². The van der Waals surface area contributed by atoms with E-state index in [2.05, 4.69) is 15.5 Å². The highest BCUT2D eigenvalue weighted by molar-refractivity contribution is 5.84. The smallest absolute Gasteiger partial charge is 0.239 e. The van der Waals surface area contributed by atoms with E-state index in [9.17, 15) is 4.79 Å². The summed E-state index contributed by atoms with van der Waals surface area (Å²) in [6, 6.07) is 7.79. The Hall–Kier alpha value is -2.41. The predicted octanol–water partition coefficient (Wildman–Crippen LogP) is 1.40. The lowest BCUT2D eigenvalue weighted by atomic mass is 10.3. The van der Waals surface area contributed by atoms with Gasteiger partial charge in [-0.25, -0.2) is 9.97 Å². The Morgan fingerprint density at radius 2 is 1.88 bits per heavy atom. The van der Waals surface area contributed by atoms with E-state index in [1.54, 1.807) is 0 Å². The number of hydrogen-bond donors (Lipinski definition) is 2. The van der Waals surface area contributed by atoms with E-state index in [0.29, 0.717) is 24.9 Å². The molecule has 2 heterocycles. The van der Waals surface area contributed by atoms with Gasteiger partial charge in [0.1, 0.15) is 0 Å². The number of aromatic nitrogens is 2. The second-order valence-corrected chi connectivity index (χ2v) is 6.58. The highest BCUT2D eigenvalue weighted by Gasteiger charge is 2.22. The minimum Gasteiger partial charge on any atom is -0.378 e. The van der Waals surface area contributed by atoms with Gasteiger partial charge in [0.15, 0.2) is 11.6 Å². The molecule has 132 valence electrons. The van der Waals surface area contributed by atoms with Crippen molar-refractivity contribution in [3.63, 3.8) is 0 Å². The van der Waals surface area contributed by atoms with Gasteiger partial charge in [0.2, 0.25) is 5.91 Å². The monoisotopic (exact) mass is 341 g/mol. The van der Waals surface area contributed by atoms with Crippen molar-refractivity contribution in [1.82, 2.24) is 15.3 Å².